The zero-order valence-corrected chi connectivity index (χ0v) is 8.13. The maximum absolute atomic E-state index is 13.6. The summed E-state index contributed by atoms with van der Waals surface area (Å²) >= 11 is 0. The van der Waals surface area contributed by atoms with Gasteiger partial charge in [0.25, 0.3) is 0 Å². The lowest BCUT2D eigenvalue weighted by molar-refractivity contribution is 0.199. The molecule has 15 heavy (non-hydrogen) atoms. The smallest absolute Gasteiger partial charge is 0.149 e. The van der Waals surface area contributed by atoms with E-state index in [0.717, 1.165) is 0 Å². The standard InChI is InChI=1S/C10H10FN3O/c1-7(15)8-2-3-10(9(11)4-8)14-6-12-5-13-14/h2-7,15H,1H3/t7-/m0/s1. The summed E-state index contributed by atoms with van der Waals surface area (Å²) in [5.74, 6) is -0.432. The largest absolute Gasteiger partial charge is 0.389 e. The van der Waals surface area contributed by atoms with Crippen LogP contribution in [0, 0.1) is 5.82 Å². The van der Waals surface area contributed by atoms with Crippen molar-refractivity contribution >= 4 is 0 Å². The lowest BCUT2D eigenvalue weighted by Gasteiger charge is -2.07. The first-order valence-electron chi connectivity index (χ1n) is 4.51. The number of hydrogen-bond donors (Lipinski definition) is 1. The van der Waals surface area contributed by atoms with Gasteiger partial charge in [-0.25, -0.2) is 14.1 Å². The van der Waals surface area contributed by atoms with Gasteiger partial charge in [0.1, 0.15) is 24.2 Å². The van der Waals surface area contributed by atoms with Crippen molar-refractivity contribution in [1.29, 1.82) is 0 Å². The van der Waals surface area contributed by atoms with Crippen LogP contribution < -0.4 is 0 Å². The van der Waals surface area contributed by atoms with Crippen molar-refractivity contribution in [1.82, 2.24) is 14.8 Å². The summed E-state index contributed by atoms with van der Waals surface area (Å²) in [6.07, 6.45) is 2.08. The van der Waals surface area contributed by atoms with Crippen molar-refractivity contribution in [2.24, 2.45) is 0 Å². The Morgan fingerprint density at radius 3 is 2.80 bits per heavy atom. The number of aromatic nitrogens is 3. The lowest BCUT2D eigenvalue weighted by Crippen LogP contribution is -2.00. The van der Waals surface area contributed by atoms with Gasteiger partial charge in [0.2, 0.25) is 0 Å². The summed E-state index contributed by atoms with van der Waals surface area (Å²) < 4.78 is 14.9. The fourth-order valence-corrected chi connectivity index (χ4v) is 1.30. The molecule has 0 aliphatic carbocycles. The Morgan fingerprint density at radius 1 is 1.47 bits per heavy atom. The summed E-state index contributed by atoms with van der Waals surface area (Å²) in [4.78, 5) is 3.73. The van der Waals surface area contributed by atoms with Crippen molar-refractivity contribution in [3.63, 3.8) is 0 Å². The van der Waals surface area contributed by atoms with Crippen LogP contribution in [0.4, 0.5) is 4.39 Å². The number of nitrogens with zero attached hydrogens (tertiary/aromatic N) is 3. The van der Waals surface area contributed by atoms with Gasteiger partial charge in [0.05, 0.1) is 6.10 Å². The van der Waals surface area contributed by atoms with Gasteiger partial charge in [-0.3, -0.25) is 0 Å². The first-order valence-corrected chi connectivity index (χ1v) is 4.51. The Bertz CT molecular complexity index is 454. The van der Waals surface area contributed by atoms with Gasteiger partial charge in [-0.1, -0.05) is 6.07 Å². The molecule has 0 saturated carbocycles. The van der Waals surface area contributed by atoms with Crippen molar-refractivity contribution in [2.45, 2.75) is 13.0 Å². The molecule has 2 rings (SSSR count). The van der Waals surface area contributed by atoms with Crippen molar-refractivity contribution in [3.8, 4) is 5.69 Å². The Kier molecular flexibility index (Phi) is 2.47. The van der Waals surface area contributed by atoms with Crippen LogP contribution in [-0.2, 0) is 0 Å². The van der Waals surface area contributed by atoms with Crippen molar-refractivity contribution in [2.75, 3.05) is 0 Å². The van der Waals surface area contributed by atoms with Crippen LogP contribution in [0.5, 0.6) is 0 Å². The van der Waals surface area contributed by atoms with E-state index in [1.54, 1.807) is 19.1 Å². The highest BCUT2D eigenvalue weighted by Gasteiger charge is 2.08. The van der Waals surface area contributed by atoms with Crippen molar-refractivity contribution in [3.05, 3.63) is 42.2 Å². The minimum atomic E-state index is -0.677. The van der Waals surface area contributed by atoms with Gasteiger partial charge in [-0.15, -0.1) is 0 Å². The van der Waals surface area contributed by atoms with Crippen LogP contribution in [0.3, 0.4) is 0 Å². The van der Waals surface area contributed by atoms with E-state index >= 15 is 0 Å². The molecule has 1 heterocycles. The van der Waals surface area contributed by atoms with Crippen LogP contribution in [0.25, 0.3) is 5.69 Å². The summed E-state index contributed by atoms with van der Waals surface area (Å²) in [5, 5.41) is 13.1. The minimum absolute atomic E-state index is 0.317. The molecule has 1 atom stereocenters. The molecule has 1 aromatic heterocycles. The Morgan fingerprint density at radius 2 is 2.27 bits per heavy atom. The molecule has 78 valence electrons. The van der Waals surface area contributed by atoms with E-state index in [4.69, 9.17) is 0 Å². The summed E-state index contributed by atoms with van der Waals surface area (Å²) in [6.45, 7) is 1.59. The summed E-state index contributed by atoms with van der Waals surface area (Å²) in [5.41, 5.74) is 0.855. The van der Waals surface area contributed by atoms with E-state index in [0.29, 0.717) is 11.3 Å². The second-order valence-corrected chi connectivity index (χ2v) is 3.23. The quantitative estimate of drug-likeness (QED) is 0.811. The lowest BCUT2D eigenvalue weighted by atomic mass is 10.1. The first-order chi connectivity index (χ1) is 7.18. The molecule has 0 spiro atoms. The number of benzene rings is 1. The highest BCUT2D eigenvalue weighted by atomic mass is 19.1. The number of aliphatic hydroxyl groups is 1. The number of halogens is 1. The van der Waals surface area contributed by atoms with Crippen LogP contribution in [0.15, 0.2) is 30.9 Å². The maximum atomic E-state index is 13.6. The molecule has 0 saturated heterocycles. The fourth-order valence-electron chi connectivity index (χ4n) is 1.30. The molecule has 0 aliphatic rings. The molecule has 0 unspecified atom stereocenters. The molecule has 2 aromatic rings. The van der Waals surface area contributed by atoms with Crippen molar-refractivity contribution < 1.29 is 9.50 Å². The third-order valence-corrected chi connectivity index (χ3v) is 2.12. The van der Waals surface area contributed by atoms with E-state index in [-0.39, 0.29) is 0 Å². The minimum Gasteiger partial charge on any atom is -0.389 e. The molecule has 0 aliphatic heterocycles. The fraction of sp³-hybridized carbons (Fsp3) is 0.200. The second kappa shape index (κ2) is 3.78. The maximum Gasteiger partial charge on any atom is 0.149 e. The average Bonchev–Trinajstić information content (AvgIpc) is 2.70. The van der Waals surface area contributed by atoms with Crippen LogP contribution in [0.1, 0.15) is 18.6 Å². The Balaban J connectivity index is 2.44. The van der Waals surface area contributed by atoms with Crippen LogP contribution in [-0.4, -0.2) is 19.9 Å². The molecule has 1 N–H and O–H groups in total. The van der Waals surface area contributed by atoms with E-state index < -0.39 is 11.9 Å². The topological polar surface area (TPSA) is 50.9 Å². The molecule has 0 amide bonds. The third kappa shape index (κ3) is 1.87. The normalized spacial score (nSPS) is 12.7. The molecular formula is C10H10FN3O. The highest BCUT2D eigenvalue weighted by molar-refractivity contribution is 5.35. The second-order valence-electron chi connectivity index (χ2n) is 3.23. The van der Waals surface area contributed by atoms with E-state index in [1.165, 1.54) is 23.4 Å². The van der Waals surface area contributed by atoms with E-state index in [1.807, 2.05) is 0 Å². The molecule has 1 aromatic carbocycles. The SMILES string of the molecule is C[C@H](O)c1ccc(-n2cncn2)c(F)c1. The molecule has 4 nitrogen and oxygen atoms in total. The summed E-state index contributed by atoms with van der Waals surface area (Å²) in [7, 11) is 0. The Labute approximate surface area is 86.0 Å². The summed E-state index contributed by atoms with van der Waals surface area (Å²) in [6, 6.07) is 4.51. The van der Waals surface area contributed by atoms with Gasteiger partial charge >= 0.3 is 0 Å². The number of rotatable bonds is 2. The Hall–Kier alpha value is -1.75. The van der Waals surface area contributed by atoms with Gasteiger partial charge in [0.15, 0.2) is 0 Å². The van der Waals surface area contributed by atoms with Gasteiger partial charge in [-0.05, 0) is 24.6 Å². The zero-order valence-electron chi connectivity index (χ0n) is 8.13. The van der Waals surface area contributed by atoms with Gasteiger partial charge < -0.3 is 5.11 Å². The van der Waals surface area contributed by atoms with Gasteiger partial charge in [0, 0.05) is 0 Å². The molecule has 0 fully saturated rings. The highest BCUT2D eigenvalue weighted by Crippen LogP contribution is 2.18. The third-order valence-electron chi connectivity index (χ3n) is 2.12. The van der Waals surface area contributed by atoms with Crippen LogP contribution >= 0.6 is 0 Å². The van der Waals surface area contributed by atoms with E-state index in [9.17, 15) is 9.50 Å². The number of aliphatic hydroxyl groups excluding tert-OH is 1. The monoisotopic (exact) mass is 207 g/mol. The average molecular weight is 207 g/mol. The predicted molar refractivity (Wildman–Crippen MR) is 52.0 cm³/mol. The van der Waals surface area contributed by atoms with E-state index in [2.05, 4.69) is 10.1 Å². The van der Waals surface area contributed by atoms with Crippen LogP contribution in [0.2, 0.25) is 0 Å². The zero-order chi connectivity index (χ0) is 10.8. The van der Waals surface area contributed by atoms with Gasteiger partial charge in [-0.2, -0.15) is 5.10 Å². The number of hydrogen-bond acceptors (Lipinski definition) is 3. The first kappa shape index (κ1) is 9.79. The molecule has 5 heteroatoms. The molecular weight excluding hydrogens is 197 g/mol. The predicted octanol–water partition coefficient (Wildman–Crippen LogP) is 1.46. The molecule has 0 radical (unpaired) electrons. The molecule has 0 bridgehead atoms.